The van der Waals surface area contributed by atoms with E-state index >= 15 is 0 Å². The smallest absolute Gasteiger partial charge is 0.252 e. The van der Waals surface area contributed by atoms with Gasteiger partial charge in [0.05, 0.1) is 10.6 Å². The van der Waals surface area contributed by atoms with E-state index in [-0.39, 0.29) is 11.7 Å². The minimum absolute atomic E-state index is 0.0304. The van der Waals surface area contributed by atoms with Crippen molar-refractivity contribution in [3.63, 3.8) is 0 Å². The fourth-order valence-electron chi connectivity index (χ4n) is 1.47. The molecule has 0 radical (unpaired) electrons. The molecule has 1 aromatic rings. The first-order chi connectivity index (χ1) is 8.04. The summed E-state index contributed by atoms with van der Waals surface area (Å²) in [6.07, 6.45) is 0. The highest BCUT2D eigenvalue weighted by atomic mass is 35.5. The summed E-state index contributed by atoms with van der Waals surface area (Å²) in [5.41, 5.74) is 0.295. The third-order valence-corrected chi connectivity index (χ3v) is 2.69. The van der Waals surface area contributed by atoms with E-state index < -0.39 is 0 Å². The van der Waals surface area contributed by atoms with Crippen molar-refractivity contribution in [1.29, 1.82) is 0 Å². The highest BCUT2D eigenvalue weighted by Crippen LogP contribution is 2.20. The molecule has 0 heterocycles. The maximum Gasteiger partial charge on any atom is 0.252 e. The molecule has 3 N–H and O–H groups in total. The largest absolute Gasteiger partial charge is 0.508 e. The zero-order valence-corrected chi connectivity index (χ0v) is 10.7. The van der Waals surface area contributed by atoms with Crippen LogP contribution in [0.3, 0.4) is 0 Å². The summed E-state index contributed by atoms with van der Waals surface area (Å²) in [6.45, 7) is 3.42. The van der Waals surface area contributed by atoms with Gasteiger partial charge in [-0.3, -0.25) is 4.79 Å². The number of phenols is 1. The molecule has 4 nitrogen and oxygen atoms in total. The Kier molecular flexibility index (Phi) is 5.25. The number of benzene rings is 1. The maximum atomic E-state index is 11.8. The van der Waals surface area contributed by atoms with Crippen molar-refractivity contribution in [2.45, 2.75) is 6.92 Å². The number of amides is 1. The molecule has 1 unspecified atom stereocenters. The van der Waals surface area contributed by atoms with Crippen LogP contribution in [0.25, 0.3) is 0 Å². The number of nitrogens with one attached hydrogen (secondary N) is 2. The lowest BCUT2D eigenvalue weighted by atomic mass is 10.1. The fourth-order valence-corrected chi connectivity index (χ4v) is 1.67. The lowest BCUT2D eigenvalue weighted by Crippen LogP contribution is -2.32. The van der Waals surface area contributed by atoms with Crippen LogP contribution in [0.1, 0.15) is 17.3 Å². The van der Waals surface area contributed by atoms with Crippen molar-refractivity contribution in [2.24, 2.45) is 5.92 Å². The van der Waals surface area contributed by atoms with Crippen LogP contribution >= 0.6 is 11.6 Å². The Morgan fingerprint density at radius 1 is 1.47 bits per heavy atom. The molecule has 1 rings (SSSR count). The Bertz CT molecular complexity index is 396. The number of halogens is 1. The first-order valence-corrected chi connectivity index (χ1v) is 5.83. The second kappa shape index (κ2) is 6.47. The summed E-state index contributed by atoms with van der Waals surface area (Å²) in [7, 11) is 1.87. The third kappa shape index (κ3) is 4.24. The number of rotatable bonds is 5. The molecule has 5 heteroatoms. The van der Waals surface area contributed by atoms with Gasteiger partial charge in [-0.1, -0.05) is 18.5 Å². The van der Waals surface area contributed by atoms with E-state index in [4.69, 9.17) is 11.6 Å². The Labute approximate surface area is 106 Å². The quantitative estimate of drug-likeness (QED) is 0.751. The Hall–Kier alpha value is -1.26. The van der Waals surface area contributed by atoms with Crippen LogP contribution in [0, 0.1) is 5.92 Å². The van der Waals surface area contributed by atoms with E-state index in [1.54, 1.807) is 0 Å². The number of hydrogen-bond acceptors (Lipinski definition) is 3. The van der Waals surface area contributed by atoms with E-state index in [2.05, 4.69) is 10.6 Å². The molecule has 0 fully saturated rings. The van der Waals surface area contributed by atoms with E-state index in [0.29, 0.717) is 23.0 Å². The lowest BCUT2D eigenvalue weighted by Gasteiger charge is -2.12. The minimum atomic E-state index is -0.270. The van der Waals surface area contributed by atoms with E-state index in [0.717, 1.165) is 6.54 Å². The van der Waals surface area contributed by atoms with Gasteiger partial charge in [0.15, 0.2) is 0 Å². The zero-order chi connectivity index (χ0) is 12.8. The van der Waals surface area contributed by atoms with Gasteiger partial charge in [0.1, 0.15) is 5.75 Å². The van der Waals surface area contributed by atoms with Crippen LogP contribution in [0.4, 0.5) is 0 Å². The van der Waals surface area contributed by atoms with E-state index in [1.165, 1.54) is 18.2 Å². The molecular formula is C12H17ClN2O2. The minimum Gasteiger partial charge on any atom is -0.508 e. The van der Waals surface area contributed by atoms with Gasteiger partial charge in [0, 0.05) is 6.54 Å². The van der Waals surface area contributed by atoms with Gasteiger partial charge < -0.3 is 15.7 Å². The van der Waals surface area contributed by atoms with Crippen molar-refractivity contribution in [3.05, 3.63) is 28.8 Å². The number of phenolic OH excluding ortho intramolecular Hbond substituents is 1. The first-order valence-electron chi connectivity index (χ1n) is 5.46. The summed E-state index contributed by atoms with van der Waals surface area (Å²) >= 11 is 5.88. The number of carbonyl (C=O) groups is 1. The van der Waals surface area contributed by atoms with Crippen molar-refractivity contribution in [3.8, 4) is 5.75 Å². The maximum absolute atomic E-state index is 11.8. The van der Waals surface area contributed by atoms with Gasteiger partial charge in [-0.2, -0.15) is 0 Å². The van der Waals surface area contributed by atoms with Crippen molar-refractivity contribution in [2.75, 3.05) is 20.1 Å². The molecule has 0 spiro atoms. The van der Waals surface area contributed by atoms with Crippen LogP contribution in [0.5, 0.6) is 5.75 Å². The van der Waals surface area contributed by atoms with Crippen molar-refractivity contribution < 1.29 is 9.90 Å². The van der Waals surface area contributed by atoms with Gasteiger partial charge in [0.2, 0.25) is 0 Å². The molecular weight excluding hydrogens is 240 g/mol. The van der Waals surface area contributed by atoms with Crippen LogP contribution in [0.2, 0.25) is 5.02 Å². The summed E-state index contributed by atoms with van der Waals surface area (Å²) in [4.78, 5) is 11.8. The van der Waals surface area contributed by atoms with Gasteiger partial charge in [-0.15, -0.1) is 0 Å². The summed E-state index contributed by atoms with van der Waals surface area (Å²) in [6, 6.07) is 4.31. The van der Waals surface area contributed by atoms with Gasteiger partial charge in [0.25, 0.3) is 5.91 Å². The monoisotopic (exact) mass is 256 g/mol. The fraction of sp³-hybridized carbons (Fsp3) is 0.417. The molecule has 0 aliphatic carbocycles. The van der Waals surface area contributed by atoms with Crippen LogP contribution in [-0.2, 0) is 0 Å². The molecule has 1 atom stereocenters. The van der Waals surface area contributed by atoms with Gasteiger partial charge in [-0.05, 0) is 37.7 Å². The average molecular weight is 257 g/mol. The van der Waals surface area contributed by atoms with Gasteiger partial charge in [-0.25, -0.2) is 0 Å². The van der Waals surface area contributed by atoms with E-state index in [9.17, 15) is 9.90 Å². The molecule has 1 aromatic carbocycles. The molecule has 94 valence electrons. The summed E-state index contributed by atoms with van der Waals surface area (Å²) in [5.74, 6) is 0.0942. The van der Waals surface area contributed by atoms with Crippen molar-refractivity contribution >= 4 is 17.5 Å². The zero-order valence-electron chi connectivity index (χ0n) is 9.96. The molecule has 0 bridgehead atoms. The molecule has 0 aromatic heterocycles. The third-order valence-electron chi connectivity index (χ3n) is 2.36. The molecule has 0 aliphatic heterocycles. The highest BCUT2D eigenvalue weighted by molar-refractivity contribution is 6.33. The highest BCUT2D eigenvalue weighted by Gasteiger charge is 2.11. The Balaban J connectivity index is 2.61. The topological polar surface area (TPSA) is 61.4 Å². The molecule has 0 saturated heterocycles. The average Bonchev–Trinajstić information content (AvgIpc) is 2.29. The number of carbonyl (C=O) groups excluding carboxylic acids is 1. The Morgan fingerprint density at radius 2 is 2.18 bits per heavy atom. The van der Waals surface area contributed by atoms with Crippen LogP contribution < -0.4 is 10.6 Å². The lowest BCUT2D eigenvalue weighted by molar-refractivity contribution is 0.0948. The second-order valence-electron chi connectivity index (χ2n) is 4.04. The Morgan fingerprint density at radius 3 is 2.82 bits per heavy atom. The predicted octanol–water partition coefficient (Wildman–Crippen LogP) is 1.63. The normalized spacial score (nSPS) is 12.2. The first kappa shape index (κ1) is 13.8. The summed E-state index contributed by atoms with van der Waals surface area (Å²) in [5, 5.41) is 15.4. The second-order valence-corrected chi connectivity index (χ2v) is 4.44. The van der Waals surface area contributed by atoms with Crippen LogP contribution in [-0.4, -0.2) is 31.2 Å². The number of aromatic hydroxyl groups is 1. The molecule has 0 aliphatic rings. The molecule has 17 heavy (non-hydrogen) atoms. The van der Waals surface area contributed by atoms with Crippen LogP contribution in [0.15, 0.2) is 18.2 Å². The van der Waals surface area contributed by atoms with Crippen molar-refractivity contribution in [1.82, 2.24) is 10.6 Å². The molecule has 0 saturated carbocycles. The number of hydrogen-bond donors (Lipinski definition) is 3. The standard InChI is InChI=1S/C12H17ClN2O2/c1-8(6-14-2)7-15-12(17)10-5-9(16)3-4-11(10)13/h3-5,8,14,16H,6-7H2,1-2H3,(H,15,17). The molecule has 1 amide bonds. The predicted molar refractivity (Wildman–Crippen MR) is 68.5 cm³/mol. The summed E-state index contributed by atoms with van der Waals surface area (Å²) < 4.78 is 0. The van der Waals surface area contributed by atoms with Gasteiger partial charge >= 0.3 is 0 Å². The SMILES string of the molecule is CNCC(C)CNC(=O)c1cc(O)ccc1Cl. The van der Waals surface area contributed by atoms with E-state index in [1.807, 2.05) is 14.0 Å².